The third-order valence-corrected chi connectivity index (χ3v) is 3.81. The van der Waals surface area contributed by atoms with E-state index < -0.39 is 0 Å². The van der Waals surface area contributed by atoms with E-state index >= 15 is 0 Å². The van der Waals surface area contributed by atoms with Crippen LogP contribution in [0.3, 0.4) is 0 Å². The van der Waals surface area contributed by atoms with Crippen molar-refractivity contribution in [3.8, 4) is 0 Å². The van der Waals surface area contributed by atoms with Crippen molar-refractivity contribution in [3.05, 3.63) is 35.9 Å². The third kappa shape index (κ3) is 2.09. The van der Waals surface area contributed by atoms with E-state index in [0.717, 1.165) is 11.8 Å². The highest BCUT2D eigenvalue weighted by atomic mass is 16.2. The molecule has 17 heavy (non-hydrogen) atoms. The van der Waals surface area contributed by atoms with Crippen LogP contribution in [0, 0.1) is 17.8 Å². The van der Waals surface area contributed by atoms with E-state index in [1.165, 1.54) is 0 Å². The van der Waals surface area contributed by atoms with Crippen LogP contribution in [-0.2, 0) is 9.59 Å². The van der Waals surface area contributed by atoms with E-state index in [2.05, 4.69) is 5.32 Å². The minimum absolute atomic E-state index is 0.0319. The largest absolute Gasteiger partial charge is 0.348 e. The lowest BCUT2D eigenvalue weighted by Gasteiger charge is -2.37. The molecule has 0 radical (unpaired) electrons. The third-order valence-electron chi connectivity index (χ3n) is 3.81. The maximum Gasteiger partial charge on any atom is 0.223 e. The highest BCUT2D eigenvalue weighted by molar-refractivity contribution is 5.81. The number of amides is 1. The zero-order valence-corrected chi connectivity index (χ0v) is 10.1. The Balaban J connectivity index is 2.33. The van der Waals surface area contributed by atoms with Crippen LogP contribution in [0.15, 0.2) is 30.3 Å². The van der Waals surface area contributed by atoms with Crippen molar-refractivity contribution in [2.75, 3.05) is 0 Å². The fourth-order valence-electron chi connectivity index (χ4n) is 2.43. The summed E-state index contributed by atoms with van der Waals surface area (Å²) in [7, 11) is 0. The number of nitrogens with one attached hydrogen (secondary N) is 1. The molecule has 4 atom stereocenters. The van der Waals surface area contributed by atoms with Crippen LogP contribution in [-0.4, -0.2) is 12.2 Å². The predicted molar refractivity (Wildman–Crippen MR) is 65.2 cm³/mol. The second-order valence-electron chi connectivity index (χ2n) is 4.76. The minimum Gasteiger partial charge on any atom is -0.348 e. The second-order valence-corrected chi connectivity index (χ2v) is 4.76. The first-order valence-electron chi connectivity index (χ1n) is 5.95. The van der Waals surface area contributed by atoms with Crippen molar-refractivity contribution in [2.45, 2.75) is 19.9 Å². The number of aldehydes is 1. The normalized spacial score (nSPS) is 32.9. The van der Waals surface area contributed by atoms with Gasteiger partial charge in [0.25, 0.3) is 0 Å². The van der Waals surface area contributed by atoms with Gasteiger partial charge in [-0.15, -0.1) is 0 Å². The zero-order chi connectivity index (χ0) is 12.4. The van der Waals surface area contributed by atoms with Crippen LogP contribution < -0.4 is 5.32 Å². The summed E-state index contributed by atoms with van der Waals surface area (Å²) in [5.41, 5.74) is 0.997. The van der Waals surface area contributed by atoms with E-state index in [9.17, 15) is 9.59 Å². The molecule has 0 unspecified atom stereocenters. The van der Waals surface area contributed by atoms with Crippen molar-refractivity contribution in [1.29, 1.82) is 0 Å². The Hall–Kier alpha value is -1.64. The van der Waals surface area contributed by atoms with Crippen LogP contribution in [0.2, 0.25) is 0 Å². The smallest absolute Gasteiger partial charge is 0.223 e. The highest BCUT2D eigenvalue weighted by Gasteiger charge is 2.39. The Morgan fingerprint density at radius 1 is 1.18 bits per heavy atom. The Morgan fingerprint density at radius 2 is 1.82 bits per heavy atom. The molecule has 1 saturated heterocycles. The van der Waals surface area contributed by atoms with Crippen LogP contribution >= 0.6 is 0 Å². The van der Waals surface area contributed by atoms with Gasteiger partial charge in [-0.25, -0.2) is 0 Å². The van der Waals surface area contributed by atoms with Gasteiger partial charge < -0.3 is 10.1 Å². The lowest BCUT2D eigenvalue weighted by Crippen LogP contribution is -2.48. The van der Waals surface area contributed by atoms with E-state index in [0.29, 0.717) is 0 Å². The number of hydrogen-bond acceptors (Lipinski definition) is 2. The second kappa shape index (κ2) is 4.70. The first-order chi connectivity index (χ1) is 8.15. The summed E-state index contributed by atoms with van der Waals surface area (Å²) >= 11 is 0. The molecule has 3 nitrogen and oxygen atoms in total. The first kappa shape index (κ1) is 11.8. The molecule has 1 N–H and O–H groups in total. The monoisotopic (exact) mass is 231 g/mol. The van der Waals surface area contributed by atoms with Crippen LogP contribution in [0.1, 0.15) is 25.5 Å². The van der Waals surface area contributed by atoms with Gasteiger partial charge in [0.2, 0.25) is 5.91 Å². The van der Waals surface area contributed by atoms with Crippen LogP contribution in [0.25, 0.3) is 0 Å². The van der Waals surface area contributed by atoms with Crippen LogP contribution in [0.4, 0.5) is 0 Å². The molecule has 3 heteroatoms. The molecule has 0 spiro atoms. The van der Waals surface area contributed by atoms with Gasteiger partial charge >= 0.3 is 0 Å². The van der Waals surface area contributed by atoms with Crippen LogP contribution in [0.5, 0.6) is 0 Å². The number of piperidine rings is 1. The first-order valence-corrected chi connectivity index (χ1v) is 5.95. The molecule has 1 aromatic rings. The summed E-state index contributed by atoms with van der Waals surface area (Å²) in [6.45, 7) is 3.84. The summed E-state index contributed by atoms with van der Waals surface area (Å²) in [5, 5.41) is 2.94. The van der Waals surface area contributed by atoms with E-state index in [1.54, 1.807) is 0 Å². The molecule has 1 fully saturated rings. The average Bonchev–Trinajstić information content (AvgIpc) is 2.36. The molecule has 0 bridgehead atoms. The van der Waals surface area contributed by atoms with Gasteiger partial charge in [-0.3, -0.25) is 4.79 Å². The van der Waals surface area contributed by atoms with Crippen molar-refractivity contribution in [1.82, 2.24) is 5.32 Å². The van der Waals surface area contributed by atoms with Crippen molar-refractivity contribution < 1.29 is 9.59 Å². The molecule has 0 aromatic heterocycles. The van der Waals surface area contributed by atoms with Gasteiger partial charge in [-0.2, -0.15) is 0 Å². The van der Waals surface area contributed by atoms with E-state index in [4.69, 9.17) is 0 Å². The molecule has 1 aliphatic heterocycles. The van der Waals surface area contributed by atoms with Gasteiger partial charge in [0.15, 0.2) is 0 Å². The quantitative estimate of drug-likeness (QED) is 0.791. The highest BCUT2D eigenvalue weighted by Crippen LogP contribution is 2.35. The average molecular weight is 231 g/mol. The molecular formula is C14H17NO2. The zero-order valence-electron chi connectivity index (χ0n) is 10.1. The van der Waals surface area contributed by atoms with Gasteiger partial charge in [-0.1, -0.05) is 44.2 Å². The summed E-state index contributed by atoms with van der Waals surface area (Å²) in [4.78, 5) is 23.1. The molecule has 1 heterocycles. The number of rotatable bonds is 2. The number of carbonyl (C=O) groups is 2. The Morgan fingerprint density at radius 3 is 2.41 bits per heavy atom. The fraction of sp³-hybridized carbons (Fsp3) is 0.429. The standard InChI is InChI=1S/C14H17NO2/c1-9-10(2)14(17)15-13(12(9)8-16)11-6-4-3-5-7-11/h3-10,12-13H,1-2H3,(H,15,17)/t9-,10-,12-,13+/m0/s1. The van der Waals surface area contributed by atoms with E-state index in [1.807, 2.05) is 44.2 Å². The summed E-state index contributed by atoms with van der Waals surface area (Å²) in [6, 6.07) is 9.48. The molecule has 0 aliphatic carbocycles. The van der Waals surface area contributed by atoms with E-state index in [-0.39, 0.29) is 29.7 Å². The number of benzene rings is 1. The maximum absolute atomic E-state index is 11.8. The molecule has 2 rings (SSSR count). The number of hydrogen-bond donors (Lipinski definition) is 1. The number of carbonyl (C=O) groups excluding carboxylic acids is 2. The lowest BCUT2D eigenvalue weighted by molar-refractivity contribution is -0.133. The summed E-state index contributed by atoms with van der Waals surface area (Å²) < 4.78 is 0. The molecule has 1 amide bonds. The topological polar surface area (TPSA) is 46.2 Å². The molecular weight excluding hydrogens is 214 g/mol. The Bertz CT molecular complexity index is 415. The summed E-state index contributed by atoms with van der Waals surface area (Å²) in [6.07, 6.45) is 0.971. The Kier molecular flexibility index (Phi) is 3.27. The van der Waals surface area contributed by atoms with Crippen molar-refractivity contribution >= 4 is 12.2 Å². The molecule has 0 saturated carbocycles. The van der Waals surface area contributed by atoms with Crippen molar-refractivity contribution in [2.24, 2.45) is 17.8 Å². The van der Waals surface area contributed by atoms with Gasteiger partial charge in [0, 0.05) is 11.8 Å². The van der Waals surface area contributed by atoms with Crippen molar-refractivity contribution in [3.63, 3.8) is 0 Å². The van der Waals surface area contributed by atoms with Gasteiger partial charge in [-0.05, 0) is 11.5 Å². The Labute approximate surface area is 101 Å². The summed E-state index contributed by atoms with van der Waals surface area (Å²) in [5.74, 6) is -0.147. The van der Waals surface area contributed by atoms with Gasteiger partial charge in [0.05, 0.1) is 6.04 Å². The predicted octanol–water partition coefficient (Wildman–Crippen LogP) is 1.94. The maximum atomic E-state index is 11.8. The lowest BCUT2D eigenvalue weighted by atomic mass is 9.74. The minimum atomic E-state index is -0.188. The van der Waals surface area contributed by atoms with Gasteiger partial charge in [0.1, 0.15) is 6.29 Å². The molecule has 90 valence electrons. The SMILES string of the molecule is C[C@@H]1[C@H](C=O)[C@@H](c2ccccc2)NC(=O)[C@H]1C. The fourth-order valence-corrected chi connectivity index (χ4v) is 2.43. The molecule has 1 aliphatic rings. The molecule has 1 aromatic carbocycles.